The summed E-state index contributed by atoms with van der Waals surface area (Å²) >= 11 is 0. The van der Waals surface area contributed by atoms with Gasteiger partial charge in [0.25, 0.3) is 0 Å². The highest BCUT2D eigenvalue weighted by Crippen LogP contribution is 2.51. The lowest BCUT2D eigenvalue weighted by Crippen LogP contribution is -2.11. The fraction of sp³-hybridized carbons (Fsp3) is 0.290. The molecule has 1 aliphatic carbocycles. The van der Waals surface area contributed by atoms with Crippen LogP contribution in [0, 0.1) is 0 Å². The highest BCUT2D eigenvalue weighted by Gasteiger charge is 2.33. The van der Waals surface area contributed by atoms with E-state index in [4.69, 9.17) is 7.85 Å². The second kappa shape index (κ2) is 7.10. The standard InChI is InChI=1S/C31H31B/c1-30(2,3)19-13-15-24-26(17-19)27-18-20(31(4,5)6)14-16-25(27)29(24)23-11-7-10-22-21(23)9-8-12-28(22)32/h7-18,29H,1-6H3. The van der Waals surface area contributed by atoms with Crippen molar-refractivity contribution in [1.29, 1.82) is 0 Å². The minimum absolute atomic E-state index is 0.114. The predicted octanol–water partition coefficient (Wildman–Crippen LogP) is 7.39. The lowest BCUT2D eigenvalue weighted by molar-refractivity contribution is 0.589. The summed E-state index contributed by atoms with van der Waals surface area (Å²) in [5, 5.41) is 2.38. The first-order valence-electron chi connectivity index (χ1n) is 11.6. The largest absolute Gasteiger partial charge is 0.114 e. The van der Waals surface area contributed by atoms with Gasteiger partial charge in [0, 0.05) is 5.92 Å². The molecule has 0 heterocycles. The van der Waals surface area contributed by atoms with Crippen LogP contribution in [0.2, 0.25) is 0 Å². The predicted molar refractivity (Wildman–Crippen MR) is 140 cm³/mol. The molecule has 1 heteroatoms. The smallest absolute Gasteiger partial charge is 0.0890 e. The maximum Gasteiger partial charge on any atom is 0.114 e. The highest BCUT2D eigenvalue weighted by atomic mass is 14.4. The Morgan fingerprint density at radius 3 is 1.59 bits per heavy atom. The van der Waals surface area contributed by atoms with Gasteiger partial charge in [0.2, 0.25) is 0 Å². The summed E-state index contributed by atoms with van der Waals surface area (Å²) in [6, 6.07) is 27.1. The van der Waals surface area contributed by atoms with E-state index in [1.54, 1.807) is 0 Å². The minimum Gasteiger partial charge on any atom is -0.0890 e. The lowest BCUT2D eigenvalue weighted by atomic mass is 9.81. The molecule has 2 radical (unpaired) electrons. The van der Waals surface area contributed by atoms with E-state index >= 15 is 0 Å². The molecule has 1 aliphatic rings. The van der Waals surface area contributed by atoms with Crippen LogP contribution < -0.4 is 5.46 Å². The topological polar surface area (TPSA) is 0 Å². The van der Waals surface area contributed by atoms with Crippen LogP contribution in [0.4, 0.5) is 0 Å². The van der Waals surface area contributed by atoms with Crippen LogP contribution in [0.1, 0.15) is 75.3 Å². The summed E-state index contributed by atoms with van der Waals surface area (Å²) in [4.78, 5) is 0. The Balaban J connectivity index is 1.82. The van der Waals surface area contributed by atoms with E-state index in [0.29, 0.717) is 0 Å². The maximum absolute atomic E-state index is 6.35. The van der Waals surface area contributed by atoms with Crippen LogP contribution >= 0.6 is 0 Å². The molecule has 0 aliphatic heterocycles. The number of fused-ring (bicyclic) bond motifs is 4. The van der Waals surface area contributed by atoms with Gasteiger partial charge in [-0.15, -0.1) is 0 Å². The van der Waals surface area contributed by atoms with Crippen molar-refractivity contribution in [2.45, 2.75) is 58.3 Å². The number of hydrogen-bond acceptors (Lipinski definition) is 0. The van der Waals surface area contributed by atoms with Crippen molar-refractivity contribution in [2.75, 3.05) is 0 Å². The van der Waals surface area contributed by atoms with E-state index in [1.807, 2.05) is 6.07 Å². The van der Waals surface area contributed by atoms with E-state index in [0.717, 1.165) is 10.8 Å². The first kappa shape index (κ1) is 21.1. The molecule has 5 rings (SSSR count). The van der Waals surface area contributed by atoms with Crippen LogP contribution in [-0.4, -0.2) is 7.85 Å². The molecule has 0 N–H and O–H groups in total. The lowest BCUT2D eigenvalue weighted by Gasteiger charge is -2.21. The van der Waals surface area contributed by atoms with Gasteiger partial charge in [-0.2, -0.15) is 0 Å². The van der Waals surface area contributed by atoms with Crippen LogP contribution in [-0.2, 0) is 10.8 Å². The molecule has 0 bridgehead atoms. The SMILES string of the molecule is [B]c1cccc2c(C3c4ccc(C(C)(C)C)cc4-c4cc(C(C)(C)C)ccc43)cccc12. The minimum atomic E-state index is 0.114. The fourth-order valence-electron chi connectivity index (χ4n) is 5.13. The Hall–Kier alpha value is -2.80. The van der Waals surface area contributed by atoms with E-state index in [-0.39, 0.29) is 16.7 Å². The normalized spacial score (nSPS) is 13.9. The third-order valence-corrected chi connectivity index (χ3v) is 7.05. The molecule has 4 aromatic rings. The van der Waals surface area contributed by atoms with Crippen LogP contribution in [0.5, 0.6) is 0 Å². The van der Waals surface area contributed by atoms with Gasteiger partial charge in [0.1, 0.15) is 7.85 Å². The third kappa shape index (κ3) is 3.30. The molecule has 158 valence electrons. The molecule has 0 nitrogen and oxygen atoms in total. The highest BCUT2D eigenvalue weighted by molar-refractivity contribution is 6.38. The van der Waals surface area contributed by atoms with Crippen molar-refractivity contribution in [3.8, 4) is 11.1 Å². The van der Waals surface area contributed by atoms with Crippen LogP contribution in [0.3, 0.4) is 0 Å². The Morgan fingerprint density at radius 2 is 1.06 bits per heavy atom. The molecule has 0 aromatic heterocycles. The van der Waals surface area contributed by atoms with Crippen molar-refractivity contribution >= 4 is 24.1 Å². The van der Waals surface area contributed by atoms with Crippen molar-refractivity contribution in [3.63, 3.8) is 0 Å². The molecular weight excluding hydrogens is 383 g/mol. The van der Waals surface area contributed by atoms with E-state index < -0.39 is 0 Å². The molecule has 4 aromatic carbocycles. The molecule has 0 unspecified atom stereocenters. The zero-order valence-electron chi connectivity index (χ0n) is 20.1. The zero-order chi connectivity index (χ0) is 22.8. The van der Waals surface area contributed by atoms with E-state index in [1.165, 1.54) is 44.3 Å². The summed E-state index contributed by atoms with van der Waals surface area (Å²) in [5.41, 5.74) is 10.7. The Bertz CT molecular complexity index is 1280. The second-order valence-corrected chi connectivity index (χ2v) is 11.3. The molecule has 0 saturated carbocycles. The summed E-state index contributed by atoms with van der Waals surface area (Å²) in [6.07, 6.45) is 0. The van der Waals surface area contributed by atoms with Gasteiger partial charge in [-0.3, -0.25) is 0 Å². The number of hydrogen-bond donors (Lipinski definition) is 0. The molecule has 0 atom stereocenters. The number of rotatable bonds is 1. The van der Waals surface area contributed by atoms with Gasteiger partial charge in [-0.05, 0) is 60.5 Å². The Labute approximate surface area is 194 Å². The van der Waals surface area contributed by atoms with Crippen molar-refractivity contribution in [3.05, 3.63) is 101 Å². The first-order valence-corrected chi connectivity index (χ1v) is 11.6. The molecule has 0 amide bonds. The maximum atomic E-state index is 6.35. The molecule has 0 fully saturated rings. The van der Waals surface area contributed by atoms with Crippen LogP contribution in [0.15, 0.2) is 72.8 Å². The van der Waals surface area contributed by atoms with Crippen molar-refractivity contribution in [1.82, 2.24) is 0 Å². The fourth-order valence-corrected chi connectivity index (χ4v) is 5.13. The molecule has 0 saturated heterocycles. The van der Waals surface area contributed by atoms with Crippen molar-refractivity contribution in [2.24, 2.45) is 0 Å². The summed E-state index contributed by atoms with van der Waals surface area (Å²) in [7, 11) is 6.35. The summed E-state index contributed by atoms with van der Waals surface area (Å²) in [6.45, 7) is 13.8. The average Bonchev–Trinajstić information content (AvgIpc) is 3.05. The average molecular weight is 414 g/mol. The van der Waals surface area contributed by atoms with E-state index in [9.17, 15) is 0 Å². The van der Waals surface area contributed by atoms with E-state index in [2.05, 4.69) is 108 Å². The van der Waals surface area contributed by atoms with Gasteiger partial charge in [-0.25, -0.2) is 0 Å². The zero-order valence-corrected chi connectivity index (χ0v) is 20.1. The van der Waals surface area contributed by atoms with Gasteiger partial charge in [0.15, 0.2) is 0 Å². The van der Waals surface area contributed by atoms with Crippen LogP contribution in [0.25, 0.3) is 21.9 Å². The van der Waals surface area contributed by atoms with Gasteiger partial charge in [-0.1, -0.05) is 120 Å². The molecular formula is C31H31B. The molecule has 32 heavy (non-hydrogen) atoms. The van der Waals surface area contributed by atoms with Gasteiger partial charge in [0.05, 0.1) is 0 Å². The molecule has 0 spiro atoms. The first-order chi connectivity index (χ1) is 15.1. The monoisotopic (exact) mass is 414 g/mol. The van der Waals surface area contributed by atoms with Gasteiger partial charge < -0.3 is 0 Å². The summed E-state index contributed by atoms with van der Waals surface area (Å²) in [5.74, 6) is 0.216. The van der Waals surface area contributed by atoms with Gasteiger partial charge >= 0.3 is 0 Å². The quantitative estimate of drug-likeness (QED) is 0.251. The number of benzene rings is 4. The summed E-state index contributed by atoms with van der Waals surface area (Å²) < 4.78 is 0. The Kier molecular flexibility index (Phi) is 4.68. The van der Waals surface area contributed by atoms with Crippen molar-refractivity contribution < 1.29 is 0 Å². The Morgan fingerprint density at radius 1 is 0.562 bits per heavy atom. The second-order valence-electron chi connectivity index (χ2n) is 11.3. The third-order valence-electron chi connectivity index (χ3n) is 7.05.